The number of carbonyl (C=O) groups excluding carboxylic acids is 1. The van der Waals surface area contributed by atoms with Crippen LogP contribution >= 0.6 is 0 Å². The van der Waals surface area contributed by atoms with Gasteiger partial charge >= 0.3 is 11.9 Å². The van der Waals surface area contributed by atoms with Crippen LogP contribution in [0.15, 0.2) is 72.9 Å². The van der Waals surface area contributed by atoms with Gasteiger partial charge in [0.05, 0.1) is 5.56 Å². The molecule has 5 nitrogen and oxygen atoms in total. The van der Waals surface area contributed by atoms with E-state index in [9.17, 15) is 10.0 Å². The molecule has 5 heteroatoms. The summed E-state index contributed by atoms with van der Waals surface area (Å²) >= 11 is 0. The van der Waals surface area contributed by atoms with Gasteiger partial charge in [0.15, 0.2) is 5.69 Å². The van der Waals surface area contributed by atoms with Crippen molar-refractivity contribution in [2.75, 3.05) is 5.32 Å². The van der Waals surface area contributed by atoms with Gasteiger partial charge in [0.2, 0.25) is 0 Å². The van der Waals surface area contributed by atoms with E-state index in [0.717, 1.165) is 10.3 Å². The highest BCUT2D eigenvalue weighted by Crippen LogP contribution is 2.16. The molecule has 0 aliphatic rings. The van der Waals surface area contributed by atoms with Crippen LogP contribution in [0.4, 0.5) is 5.95 Å². The highest BCUT2D eigenvalue weighted by atomic mass is 16.5. The van der Waals surface area contributed by atoms with Crippen molar-refractivity contribution in [1.29, 1.82) is 0 Å². The fourth-order valence-corrected chi connectivity index (χ4v) is 2.03. The summed E-state index contributed by atoms with van der Waals surface area (Å²) in [5, 5.41) is 12.4. The van der Waals surface area contributed by atoms with E-state index in [1.165, 1.54) is 6.20 Å². The molecule has 108 valence electrons. The zero-order valence-electron chi connectivity index (χ0n) is 11.7. The van der Waals surface area contributed by atoms with Crippen LogP contribution in [0.1, 0.15) is 10.4 Å². The van der Waals surface area contributed by atoms with Crippen LogP contribution in [0.25, 0.3) is 11.3 Å². The molecule has 0 saturated carbocycles. The number of benzene rings is 2. The maximum Gasteiger partial charge on any atom is 0.436 e. The van der Waals surface area contributed by atoms with Gasteiger partial charge in [-0.15, -0.1) is 0 Å². The minimum atomic E-state index is -0.332. The molecule has 3 rings (SSSR count). The molecule has 1 amide bonds. The summed E-state index contributed by atoms with van der Waals surface area (Å²) in [6.07, 6.45) is 1.44. The average molecular weight is 292 g/mol. The van der Waals surface area contributed by atoms with E-state index in [1.54, 1.807) is 30.3 Å². The maximum absolute atomic E-state index is 12.1. The summed E-state index contributed by atoms with van der Waals surface area (Å²) < 4.78 is 0.785. The number of nitrogens with zero attached hydrogens (tertiary/aromatic N) is 2. The molecule has 0 aliphatic heterocycles. The van der Waals surface area contributed by atoms with Gasteiger partial charge in [0.25, 0.3) is 0 Å². The van der Waals surface area contributed by atoms with Gasteiger partial charge < -0.3 is 5.21 Å². The van der Waals surface area contributed by atoms with Crippen molar-refractivity contribution in [1.82, 2.24) is 4.98 Å². The molecule has 0 bridgehead atoms. The topological polar surface area (TPSA) is 66.1 Å². The lowest BCUT2D eigenvalue weighted by Crippen LogP contribution is -2.36. The van der Waals surface area contributed by atoms with Gasteiger partial charge in [0.1, 0.15) is 6.20 Å². The summed E-state index contributed by atoms with van der Waals surface area (Å²) in [6, 6.07) is 20.0. The second kappa shape index (κ2) is 6.05. The number of aromatic nitrogens is 2. The monoisotopic (exact) mass is 292 g/mol. The third-order valence-corrected chi connectivity index (χ3v) is 3.15. The number of hydrogen-bond acceptors (Lipinski definition) is 3. The van der Waals surface area contributed by atoms with E-state index in [4.69, 9.17) is 0 Å². The first-order valence-corrected chi connectivity index (χ1v) is 6.78. The van der Waals surface area contributed by atoms with E-state index in [-0.39, 0.29) is 11.9 Å². The summed E-state index contributed by atoms with van der Waals surface area (Å²) in [4.78, 5) is 16.4. The second-order valence-electron chi connectivity index (χ2n) is 4.67. The van der Waals surface area contributed by atoms with E-state index in [1.807, 2.05) is 36.4 Å². The fraction of sp³-hybridized carbons (Fsp3) is 0. The van der Waals surface area contributed by atoms with E-state index in [0.29, 0.717) is 11.3 Å². The quantitative estimate of drug-likeness (QED) is 0.576. The number of rotatable bonds is 3. The molecule has 3 aromatic rings. The molecule has 0 aliphatic carbocycles. The fourth-order valence-electron chi connectivity index (χ4n) is 2.03. The molecule has 0 saturated heterocycles. The number of hydrogen-bond donors (Lipinski definition) is 2. The number of nitrogens with one attached hydrogen (secondary N) is 1. The van der Waals surface area contributed by atoms with Crippen molar-refractivity contribution < 1.29 is 14.7 Å². The van der Waals surface area contributed by atoms with Crippen LogP contribution < -0.4 is 10.0 Å². The van der Waals surface area contributed by atoms with Gasteiger partial charge in [-0.1, -0.05) is 58.2 Å². The first kappa shape index (κ1) is 13.8. The normalized spacial score (nSPS) is 10.2. The molecule has 0 unspecified atom stereocenters. The second-order valence-corrected chi connectivity index (χ2v) is 4.67. The van der Waals surface area contributed by atoms with E-state index < -0.39 is 0 Å². The van der Waals surface area contributed by atoms with Crippen molar-refractivity contribution >= 4 is 11.9 Å². The Hall–Kier alpha value is -3.21. The first-order valence-electron chi connectivity index (χ1n) is 6.78. The third kappa shape index (κ3) is 2.93. The molecule has 2 aromatic carbocycles. The van der Waals surface area contributed by atoms with Crippen molar-refractivity contribution in [3.63, 3.8) is 0 Å². The molecule has 1 heterocycles. The van der Waals surface area contributed by atoms with Gasteiger partial charge in [0, 0.05) is 11.6 Å². The Morgan fingerprint density at radius 1 is 0.955 bits per heavy atom. The van der Waals surface area contributed by atoms with Crippen molar-refractivity contribution in [3.05, 3.63) is 78.5 Å². The lowest BCUT2D eigenvalue weighted by atomic mass is 10.1. The SMILES string of the molecule is O=C(Nc1nc(-c2ccccc2)cc[n+]1O)c1ccccc1. The van der Waals surface area contributed by atoms with Crippen LogP contribution in [0.3, 0.4) is 0 Å². The van der Waals surface area contributed by atoms with Crippen LogP contribution in [0, 0.1) is 0 Å². The Balaban J connectivity index is 1.89. The van der Waals surface area contributed by atoms with Gasteiger partial charge in [-0.25, -0.2) is 5.32 Å². The lowest BCUT2D eigenvalue weighted by Gasteiger charge is -2.02. The van der Waals surface area contributed by atoms with Crippen molar-refractivity contribution in [3.8, 4) is 11.3 Å². The standard InChI is InChI=1S/C17H13N3O2/c21-16(14-9-5-2-6-10-14)19-17-18-15(11-12-20(17)22)13-7-3-1-4-8-13/h1-12,22H/p+1. The Morgan fingerprint density at radius 3 is 2.27 bits per heavy atom. The maximum atomic E-state index is 12.1. The summed E-state index contributed by atoms with van der Waals surface area (Å²) in [6.45, 7) is 0. The van der Waals surface area contributed by atoms with Gasteiger partial charge in [-0.3, -0.25) is 4.79 Å². The smallest absolute Gasteiger partial charge is 0.371 e. The highest BCUT2D eigenvalue weighted by Gasteiger charge is 2.19. The van der Waals surface area contributed by atoms with E-state index >= 15 is 0 Å². The predicted molar refractivity (Wildman–Crippen MR) is 81.4 cm³/mol. The minimum Gasteiger partial charge on any atom is -0.371 e. The van der Waals surface area contributed by atoms with Crippen LogP contribution in [0.2, 0.25) is 0 Å². The van der Waals surface area contributed by atoms with E-state index in [2.05, 4.69) is 10.3 Å². The first-order chi connectivity index (χ1) is 10.7. The Labute approximate surface area is 127 Å². The molecule has 0 spiro atoms. The predicted octanol–water partition coefficient (Wildman–Crippen LogP) is 2.53. The van der Waals surface area contributed by atoms with Crippen molar-refractivity contribution in [2.45, 2.75) is 0 Å². The van der Waals surface area contributed by atoms with Crippen LogP contribution in [-0.2, 0) is 0 Å². The molecule has 2 N–H and O–H groups in total. The number of anilines is 1. The summed E-state index contributed by atoms with van der Waals surface area (Å²) in [7, 11) is 0. The number of amides is 1. The van der Waals surface area contributed by atoms with Crippen LogP contribution in [0.5, 0.6) is 0 Å². The number of carbonyl (C=O) groups is 1. The Morgan fingerprint density at radius 2 is 1.59 bits per heavy atom. The lowest BCUT2D eigenvalue weighted by molar-refractivity contribution is -0.895. The summed E-state index contributed by atoms with van der Waals surface area (Å²) in [5.74, 6) is -0.267. The van der Waals surface area contributed by atoms with Gasteiger partial charge in [-0.2, -0.15) is 0 Å². The summed E-state index contributed by atoms with van der Waals surface area (Å²) in [5.41, 5.74) is 2.06. The largest absolute Gasteiger partial charge is 0.436 e. The molecule has 1 aromatic heterocycles. The van der Waals surface area contributed by atoms with Gasteiger partial charge in [-0.05, 0) is 12.1 Å². The molecule has 0 atom stereocenters. The Kier molecular flexibility index (Phi) is 3.78. The molecule has 0 radical (unpaired) electrons. The average Bonchev–Trinajstić information content (AvgIpc) is 2.58. The molecule has 22 heavy (non-hydrogen) atoms. The third-order valence-electron chi connectivity index (χ3n) is 3.15. The Bertz CT molecular complexity index is 790. The van der Waals surface area contributed by atoms with Crippen molar-refractivity contribution in [2.24, 2.45) is 0 Å². The molecular weight excluding hydrogens is 278 g/mol. The molecular formula is C17H14N3O2+. The van der Waals surface area contributed by atoms with Crippen LogP contribution in [-0.4, -0.2) is 16.1 Å². The highest BCUT2D eigenvalue weighted by molar-refractivity contribution is 6.03. The minimum absolute atomic E-state index is 0.0650. The zero-order chi connectivity index (χ0) is 15.4. The molecule has 0 fully saturated rings. The zero-order valence-corrected chi connectivity index (χ0v) is 11.7.